The van der Waals surface area contributed by atoms with E-state index in [4.69, 9.17) is 9.53 Å². The highest BCUT2D eigenvalue weighted by Gasteiger charge is 2.40. The highest BCUT2D eigenvalue weighted by atomic mass is 28.4. The van der Waals surface area contributed by atoms with Gasteiger partial charge in [0.05, 0.1) is 6.10 Å². The van der Waals surface area contributed by atoms with Gasteiger partial charge >= 0.3 is 6.09 Å². The Morgan fingerprint density at radius 2 is 2.00 bits per heavy atom. The molecule has 0 aromatic carbocycles. The summed E-state index contributed by atoms with van der Waals surface area (Å²) in [6.07, 6.45) is -0.0995. The SMILES string of the molecule is CC(C)(C)[Si](C)(C)OC1CNCC(NC(=O)O)C1. The van der Waals surface area contributed by atoms with Crippen molar-refractivity contribution in [3.05, 3.63) is 0 Å². The van der Waals surface area contributed by atoms with Crippen LogP contribution in [0.4, 0.5) is 4.79 Å². The molecule has 1 fully saturated rings. The van der Waals surface area contributed by atoms with Crippen LogP contribution in [0, 0.1) is 0 Å². The Morgan fingerprint density at radius 3 is 2.50 bits per heavy atom. The third-order valence-electron chi connectivity index (χ3n) is 3.91. The second-order valence-corrected chi connectivity index (χ2v) is 11.3. The van der Waals surface area contributed by atoms with Crippen LogP contribution in [0.3, 0.4) is 0 Å². The summed E-state index contributed by atoms with van der Waals surface area (Å²) in [7, 11) is -1.78. The number of carbonyl (C=O) groups is 1. The van der Waals surface area contributed by atoms with Gasteiger partial charge in [0.25, 0.3) is 0 Å². The van der Waals surface area contributed by atoms with Crippen molar-refractivity contribution in [2.75, 3.05) is 13.1 Å². The first-order valence-corrected chi connectivity index (χ1v) is 9.40. The van der Waals surface area contributed by atoms with Gasteiger partial charge < -0.3 is 20.2 Å². The molecule has 0 saturated carbocycles. The average Bonchev–Trinajstić information content (AvgIpc) is 2.14. The Labute approximate surface area is 110 Å². The van der Waals surface area contributed by atoms with Gasteiger partial charge in [-0.25, -0.2) is 4.79 Å². The maximum absolute atomic E-state index is 10.6. The molecule has 0 spiro atoms. The van der Waals surface area contributed by atoms with Crippen molar-refractivity contribution in [3.63, 3.8) is 0 Å². The molecule has 0 aliphatic carbocycles. The van der Waals surface area contributed by atoms with Gasteiger partial charge in [-0.3, -0.25) is 0 Å². The number of carboxylic acid groups (broad SMARTS) is 1. The Balaban J connectivity index is 2.55. The second kappa shape index (κ2) is 5.58. The lowest BCUT2D eigenvalue weighted by Crippen LogP contribution is -2.54. The number of piperidine rings is 1. The molecule has 0 radical (unpaired) electrons. The highest BCUT2D eigenvalue weighted by Crippen LogP contribution is 2.37. The van der Waals surface area contributed by atoms with Crippen LogP contribution in [0.15, 0.2) is 0 Å². The van der Waals surface area contributed by atoms with E-state index in [9.17, 15) is 4.79 Å². The molecule has 1 rings (SSSR count). The number of nitrogens with one attached hydrogen (secondary N) is 2. The predicted octanol–water partition coefficient (Wildman–Crippen LogP) is 2.01. The maximum Gasteiger partial charge on any atom is 0.404 e. The molecule has 106 valence electrons. The van der Waals surface area contributed by atoms with Gasteiger partial charge in [-0.05, 0) is 24.6 Å². The number of hydrogen-bond donors (Lipinski definition) is 3. The van der Waals surface area contributed by atoms with Crippen LogP contribution in [-0.4, -0.2) is 44.8 Å². The fraction of sp³-hybridized carbons (Fsp3) is 0.917. The number of hydrogen-bond acceptors (Lipinski definition) is 3. The fourth-order valence-corrected chi connectivity index (χ4v) is 3.24. The zero-order chi connectivity index (χ0) is 14.0. The first-order valence-electron chi connectivity index (χ1n) is 6.50. The molecule has 0 bridgehead atoms. The second-order valence-electron chi connectivity index (χ2n) is 6.54. The molecular formula is C12H26N2O3Si. The van der Waals surface area contributed by atoms with E-state index in [1.165, 1.54) is 0 Å². The van der Waals surface area contributed by atoms with E-state index in [1.54, 1.807) is 0 Å². The van der Waals surface area contributed by atoms with Crippen LogP contribution in [-0.2, 0) is 4.43 Å². The normalized spacial score (nSPS) is 25.8. The van der Waals surface area contributed by atoms with Crippen molar-refractivity contribution in [3.8, 4) is 0 Å². The predicted molar refractivity (Wildman–Crippen MR) is 74.5 cm³/mol. The fourth-order valence-electron chi connectivity index (χ4n) is 1.87. The average molecular weight is 274 g/mol. The molecule has 1 amide bonds. The van der Waals surface area contributed by atoms with E-state index in [2.05, 4.69) is 44.5 Å². The third kappa shape index (κ3) is 4.26. The van der Waals surface area contributed by atoms with Crippen LogP contribution in [0.25, 0.3) is 0 Å². The molecule has 0 aromatic rings. The molecule has 0 aromatic heterocycles. The quantitative estimate of drug-likeness (QED) is 0.689. The van der Waals surface area contributed by atoms with Crippen LogP contribution in [0.2, 0.25) is 18.1 Å². The van der Waals surface area contributed by atoms with Crippen molar-refractivity contribution >= 4 is 14.4 Å². The Bertz CT molecular complexity index is 302. The Hall–Kier alpha value is -0.593. The van der Waals surface area contributed by atoms with Gasteiger partial charge in [0.2, 0.25) is 0 Å². The molecule has 18 heavy (non-hydrogen) atoms. The lowest BCUT2D eigenvalue weighted by Gasteiger charge is -2.41. The van der Waals surface area contributed by atoms with Crippen molar-refractivity contribution in [1.29, 1.82) is 0 Å². The summed E-state index contributed by atoms with van der Waals surface area (Å²) in [6.45, 7) is 12.6. The van der Waals surface area contributed by atoms with E-state index >= 15 is 0 Å². The van der Waals surface area contributed by atoms with Gasteiger partial charge in [-0.1, -0.05) is 20.8 Å². The molecule has 1 aliphatic rings. The molecule has 1 aliphatic heterocycles. The first kappa shape index (κ1) is 15.5. The number of rotatable bonds is 3. The summed E-state index contributed by atoms with van der Waals surface area (Å²) < 4.78 is 6.30. The highest BCUT2D eigenvalue weighted by molar-refractivity contribution is 6.74. The van der Waals surface area contributed by atoms with Crippen LogP contribution in [0.5, 0.6) is 0 Å². The molecule has 1 heterocycles. The van der Waals surface area contributed by atoms with Crippen molar-refractivity contribution < 1.29 is 14.3 Å². The van der Waals surface area contributed by atoms with Gasteiger partial charge in [-0.15, -0.1) is 0 Å². The zero-order valence-corrected chi connectivity index (χ0v) is 13.0. The molecule has 6 heteroatoms. The number of amides is 1. The first-order chi connectivity index (χ1) is 8.12. The monoisotopic (exact) mass is 274 g/mol. The van der Waals surface area contributed by atoms with E-state index < -0.39 is 14.4 Å². The van der Waals surface area contributed by atoms with Crippen LogP contribution < -0.4 is 10.6 Å². The topological polar surface area (TPSA) is 70.6 Å². The van der Waals surface area contributed by atoms with Crippen molar-refractivity contribution in [2.24, 2.45) is 0 Å². The van der Waals surface area contributed by atoms with Crippen molar-refractivity contribution in [2.45, 2.75) is 57.5 Å². The summed E-state index contributed by atoms with van der Waals surface area (Å²) in [4.78, 5) is 10.6. The molecule has 5 nitrogen and oxygen atoms in total. The molecule has 1 saturated heterocycles. The van der Waals surface area contributed by atoms with Gasteiger partial charge in [0, 0.05) is 19.1 Å². The summed E-state index contributed by atoms with van der Waals surface area (Å²) in [5.41, 5.74) is 0. The Morgan fingerprint density at radius 1 is 1.39 bits per heavy atom. The van der Waals surface area contributed by atoms with Crippen LogP contribution in [0.1, 0.15) is 27.2 Å². The van der Waals surface area contributed by atoms with Gasteiger partial charge in [0.15, 0.2) is 8.32 Å². The van der Waals surface area contributed by atoms with E-state index in [-0.39, 0.29) is 17.2 Å². The minimum Gasteiger partial charge on any atom is -0.465 e. The lowest BCUT2D eigenvalue weighted by molar-refractivity contribution is 0.127. The zero-order valence-electron chi connectivity index (χ0n) is 12.0. The molecule has 3 N–H and O–H groups in total. The molecular weight excluding hydrogens is 248 g/mol. The summed E-state index contributed by atoms with van der Waals surface area (Å²) in [6, 6.07) is -0.0500. The maximum atomic E-state index is 10.6. The van der Waals surface area contributed by atoms with E-state index in [0.29, 0.717) is 6.54 Å². The van der Waals surface area contributed by atoms with E-state index in [0.717, 1.165) is 13.0 Å². The van der Waals surface area contributed by atoms with Crippen LogP contribution >= 0.6 is 0 Å². The van der Waals surface area contributed by atoms with E-state index in [1.807, 2.05) is 0 Å². The summed E-state index contributed by atoms with van der Waals surface area (Å²) in [5, 5.41) is 14.7. The Kier molecular flexibility index (Phi) is 4.80. The summed E-state index contributed by atoms with van der Waals surface area (Å²) >= 11 is 0. The van der Waals surface area contributed by atoms with Gasteiger partial charge in [0.1, 0.15) is 0 Å². The lowest BCUT2D eigenvalue weighted by atomic mass is 10.1. The van der Waals surface area contributed by atoms with Gasteiger partial charge in [-0.2, -0.15) is 0 Å². The minimum atomic E-state index is -1.78. The standard InChI is InChI=1S/C12H26N2O3Si/c1-12(2,3)18(4,5)17-10-6-9(7-13-8-10)14-11(15)16/h9-10,13-14H,6-8H2,1-5H3,(H,15,16). The van der Waals surface area contributed by atoms with Crippen molar-refractivity contribution in [1.82, 2.24) is 10.6 Å². The minimum absolute atomic E-state index is 0.0500. The smallest absolute Gasteiger partial charge is 0.404 e. The summed E-state index contributed by atoms with van der Waals surface area (Å²) in [5.74, 6) is 0. The molecule has 2 unspecified atom stereocenters. The molecule has 2 atom stereocenters. The third-order valence-corrected chi connectivity index (χ3v) is 8.44. The largest absolute Gasteiger partial charge is 0.465 e.